The number of nitrogens with two attached hydrogens (primary N) is 1. The summed E-state index contributed by atoms with van der Waals surface area (Å²) >= 11 is 1.12. The van der Waals surface area contributed by atoms with Crippen molar-refractivity contribution in [2.75, 3.05) is 5.75 Å². The van der Waals surface area contributed by atoms with Gasteiger partial charge in [-0.2, -0.15) is 0 Å². The summed E-state index contributed by atoms with van der Waals surface area (Å²) < 4.78 is 0. The zero-order valence-electron chi connectivity index (χ0n) is 14.5. The molecule has 2 atom stereocenters. The van der Waals surface area contributed by atoms with Gasteiger partial charge in [0, 0.05) is 12.7 Å². The molecule has 0 bridgehead atoms. The molecule has 1 aromatic carbocycles. The molecule has 0 heterocycles. The molecular weight excluding hydrogens is 324 g/mol. The van der Waals surface area contributed by atoms with Crippen LogP contribution in [0.15, 0.2) is 30.3 Å². The first kappa shape index (κ1) is 20.2. The SMILES string of the molecule is CC(=O)SC[C@@H](Cc1ccccc1)C(=O)N[C@@H](CC(C)C)C(N)=O. The molecule has 1 rings (SSSR count). The third kappa shape index (κ3) is 7.64. The summed E-state index contributed by atoms with van der Waals surface area (Å²) in [5.74, 6) is -0.549. The van der Waals surface area contributed by atoms with Crippen LogP contribution in [0.25, 0.3) is 0 Å². The monoisotopic (exact) mass is 350 g/mol. The normalized spacial score (nSPS) is 13.3. The van der Waals surface area contributed by atoms with Crippen molar-refractivity contribution in [3.63, 3.8) is 0 Å². The number of thioether (sulfide) groups is 1. The summed E-state index contributed by atoms with van der Waals surface area (Å²) in [5.41, 5.74) is 6.41. The Morgan fingerprint density at radius 2 is 1.79 bits per heavy atom. The van der Waals surface area contributed by atoms with Gasteiger partial charge in [-0.1, -0.05) is 55.9 Å². The maximum atomic E-state index is 12.6. The van der Waals surface area contributed by atoms with Crippen molar-refractivity contribution in [2.24, 2.45) is 17.6 Å². The van der Waals surface area contributed by atoms with E-state index in [1.807, 2.05) is 44.2 Å². The quantitative estimate of drug-likeness (QED) is 0.714. The fraction of sp³-hybridized carbons (Fsp3) is 0.500. The number of primary amides is 1. The van der Waals surface area contributed by atoms with Gasteiger partial charge < -0.3 is 11.1 Å². The van der Waals surface area contributed by atoms with Crippen molar-refractivity contribution in [1.82, 2.24) is 5.32 Å². The summed E-state index contributed by atoms with van der Waals surface area (Å²) in [7, 11) is 0. The summed E-state index contributed by atoms with van der Waals surface area (Å²) in [6, 6.07) is 8.93. The van der Waals surface area contributed by atoms with Gasteiger partial charge in [-0.3, -0.25) is 14.4 Å². The fourth-order valence-corrected chi connectivity index (χ4v) is 3.06. The zero-order chi connectivity index (χ0) is 18.1. The van der Waals surface area contributed by atoms with E-state index in [-0.39, 0.29) is 16.9 Å². The molecule has 6 heteroatoms. The summed E-state index contributed by atoms with van der Waals surface area (Å²) in [4.78, 5) is 35.4. The molecule has 0 fully saturated rings. The van der Waals surface area contributed by atoms with E-state index in [0.717, 1.165) is 17.3 Å². The molecule has 0 radical (unpaired) electrons. The lowest BCUT2D eigenvalue weighted by Crippen LogP contribution is -2.48. The van der Waals surface area contributed by atoms with Crippen LogP contribution >= 0.6 is 11.8 Å². The van der Waals surface area contributed by atoms with Gasteiger partial charge >= 0.3 is 0 Å². The van der Waals surface area contributed by atoms with Crippen LogP contribution in [-0.2, 0) is 20.8 Å². The van der Waals surface area contributed by atoms with E-state index in [9.17, 15) is 14.4 Å². The minimum Gasteiger partial charge on any atom is -0.368 e. The molecule has 24 heavy (non-hydrogen) atoms. The second kappa shape index (κ2) is 10.1. The number of nitrogens with one attached hydrogen (secondary N) is 1. The maximum Gasteiger partial charge on any atom is 0.240 e. The van der Waals surface area contributed by atoms with Crippen molar-refractivity contribution in [3.8, 4) is 0 Å². The van der Waals surface area contributed by atoms with Crippen LogP contribution in [0.5, 0.6) is 0 Å². The van der Waals surface area contributed by atoms with E-state index in [2.05, 4.69) is 5.32 Å². The van der Waals surface area contributed by atoms with Crippen LogP contribution in [0.1, 0.15) is 32.8 Å². The molecule has 0 aromatic heterocycles. The minimum absolute atomic E-state index is 0.0329. The molecule has 2 amide bonds. The van der Waals surface area contributed by atoms with Crippen molar-refractivity contribution < 1.29 is 14.4 Å². The second-order valence-electron chi connectivity index (χ2n) is 6.28. The van der Waals surface area contributed by atoms with Gasteiger partial charge in [-0.15, -0.1) is 0 Å². The van der Waals surface area contributed by atoms with Gasteiger partial charge in [0.15, 0.2) is 5.12 Å². The number of amides is 2. The van der Waals surface area contributed by atoms with Gasteiger partial charge in [-0.05, 0) is 24.3 Å². The number of carbonyl (C=O) groups excluding carboxylic acids is 3. The van der Waals surface area contributed by atoms with E-state index in [0.29, 0.717) is 18.6 Å². The summed E-state index contributed by atoms with van der Waals surface area (Å²) in [6.45, 7) is 5.41. The molecule has 0 aliphatic heterocycles. The van der Waals surface area contributed by atoms with Crippen LogP contribution in [0.4, 0.5) is 0 Å². The molecule has 0 aliphatic carbocycles. The van der Waals surface area contributed by atoms with E-state index >= 15 is 0 Å². The molecule has 0 spiro atoms. The van der Waals surface area contributed by atoms with Crippen molar-refractivity contribution in [2.45, 2.75) is 39.7 Å². The second-order valence-corrected chi connectivity index (χ2v) is 7.48. The molecule has 5 nitrogen and oxygen atoms in total. The molecular formula is C18H26N2O3S. The number of hydrogen-bond acceptors (Lipinski definition) is 4. The van der Waals surface area contributed by atoms with Crippen molar-refractivity contribution in [3.05, 3.63) is 35.9 Å². The van der Waals surface area contributed by atoms with Gasteiger partial charge in [0.25, 0.3) is 0 Å². The lowest BCUT2D eigenvalue weighted by molar-refractivity contribution is -0.129. The third-order valence-electron chi connectivity index (χ3n) is 3.55. The van der Waals surface area contributed by atoms with Crippen LogP contribution in [0.2, 0.25) is 0 Å². The van der Waals surface area contributed by atoms with Crippen LogP contribution in [0, 0.1) is 11.8 Å². The Bertz CT molecular complexity index is 561. The van der Waals surface area contributed by atoms with Gasteiger partial charge in [0.2, 0.25) is 11.8 Å². The molecule has 0 saturated heterocycles. The Morgan fingerprint density at radius 3 is 2.29 bits per heavy atom. The highest BCUT2D eigenvalue weighted by Crippen LogP contribution is 2.17. The molecule has 3 N–H and O–H groups in total. The Labute approximate surface area is 147 Å². The maximum absolute atomic E-state index is 12.6. The topological polar surface area (TPSA) is 89.3 Å². The number of hydrogen-bond donors (Lipinski definition) is 2. The van der Waals surface area contributed by atoms with E-state index in [4.69, 9.17) is 5.73 Å². The molecule has 0 saturated carbocycles. The van der Waals surface area contributed by atoms with E-state index in [1.165, 1.54) is 6.92 Å². The lowest BCUT2D eigenvalue weighted by atomic mass is 9.98. The van der Waals surface area contributed by atoms with Crippen LogP contribution < -0.4 is 11.1 Å². The van der Waals surface area contributed by atoms with Crippen molar-refractivity contribution >= 4 is 28.7 Å². The Kier molecular flexibility index (Phi) is 8.54. The largest absolute Gasteiger partial charge is 0.368 e. The average Bonchev–Trinajstić information content (AvgIpc) is 2.50. The highest BCUT2D eigenvalue weighted by molar-refractivity contribution is 8.13. The number of benzene rings is 1. The Balaban J connectivity index is 2.81. The summed E-state index contributed by atoms with van der Waals surface area (Å²) in [5, 5.41) is 2.72. The minimum atomic E-state index is -0.682. The standard InChI is InChI=1S/C18H26N2O3S/c1-12(2)9-16(17(19)22)20-18(23)15(11-24-13(3)21)10-14-7-5-4-6-8-14/h4-8,12,15-16H,9-11H2,1-3H3,(H2,19,22)(H,20,23)/t15-,16+/m1/s1. The first-order valence-corrected chi connectivity index (χ1v) is 9.05. The predicted octanol–water partition coefficient (Wildman–Crippen LogP) is 2.14. The molecule has 1 aromatic rings. The highest BCUT2D eigenvalue weighted by Gasteiger charge is 2.25. The molecule has 0 unspecified atom stereocenters. The third-order valence-corrected chi connectivity index (χ3v) is 4.53. The van der Waals surface area contributed by atoms with Crippen LogP contribution in [-0.4, -0.2) is 28.7 Å². The number of carbonyl (C=O) groups is 3. The van der Waals surface area contributed by atoms with Crippen molar-refractivity contribution in [1.29, 1.82) is 0 Å². The Morgan fingerprint density at radius 1 is 1.17 bits per heavy atom. The molecule has 0 aliphatic rings. The highest BCUT2D eigenvalue weighted by atomic mass is 32.2. The first-order chi connectivity index (χ1) is 11.3. The van der Waals surface area contributed by atoms with Gasteiger partial charge in [-0.25, -0.2) is 0 Å². The van der Waals surface area contributed by atoms with Gasteiger partial charge in [0.05, 0.1) is 5.92 Å². The van der Waals surface area contributed by atoms with E-state index < -0.39 is 17.9 Å². The molecule has 132 valence electrons. The smallest absolute Gasteiger partial charge is 0.240 e. The Hall–Kier alpha value is -1.82. The lowest BCUT2D eigenvalue weighted by Gasteiger charge is -2.22. The number of rotatable bonds is 9. The van der Waals surface area contributed by atoms with E-state index in [1.54, 1.807) is 0 Å². The van der Waals surface area contributed by atoms with Crippen LogP contribution in [0.3, 0.4) is 0 Å². The first-order valence-electron chi connectivity index (χ1n) is 8.06. The average molecular weight is 350 g/mol. The fourth-order valence-electron chi connectivity index (χ4n) is 2.35. The summed E-state index contributed by atoms with van der Waals surface area (Å²) in [6.07, 6.45) is 1.01. The van der Waals surface area contributed by atoms with Gasteiger partial charge in [0.1, 0.15) is 6.04 Å². The predicted molar refractivity (Wildman–Crippen MR) is 97.4 cm³/mol. The zero-order valence-corrected chi connectivity index (χ0v) is 15.3.